The van der Waals surface area contributed by atoms with Crippen LogP contribution in [0.25, 0.3) is 10.2 Å². The van der Waals surface area contributed by atoms with Gasteiger partial charge in [0.2, 0.25) is 5.28 Å². The Bertz CT molecular complexity index is 777. The second-order valence-electron chi connectivity index (χ2n) is 7.41. The van der Waals surface area contributed by atoms with E-state index < -0.39 is 0 Å². The predicted octanol–water partition coefficient (Wildman–Crippen LogP) is 1.98. The zero-order chi connectivity index (χ0) is 16.9. The third-order valence-corrected chi connectivity index (χ3v) is 6.79. The van der Waals surface area contributed by atoms with Gasteiger partial charge in [-0.3, -0.25) is 4.90 Å². The Morgan fingerprint density at radius 3 is 2.88 bits per heavy atom. The molecule has 0 radical (unpaired) electrons. The standard InChI is InChI=1S/C17H22ClN5OS/c18-16-20-13-7-12(8-22-10-17(11-22)1-2-19-9-17)25-14(13)15(21-16)23-3-5-24-6-4-23/h7,19H,1-6,8-11H2. The van der Waals surface area contributed by atoms with Crippen LogP contribution in [0.1, 0.15) is 11.3 Å². The fraction of sp³-hybridized carbons (Fsp3) is 0.647. The Morgan fingerprint density at radius 1 is 1.28 bits per heavy atom. The number of thiophene rings is 1. The Balaban J connectivity index is 1.37. The van der Waals surface area contributed by atoms with Gasteiger partial charge in [0.25, 0.3) is 0 Å². The summed E-state index contributed by atoms with van der Waals surface area (Å²) in [5.41, 5.74) is 1.51. The van der Waals surface area contributed by atoms with Crippen molar-refractivity contribution in [2.75, 3.05) is 57.4 Å². The van der Waals surface area contributed by atoms with Crippen LogP contribution in [-0.2, 0) is 11.3 Å². The fourth-order valence-electron chi connectivity index (χ4n) is 4.30. The van der Waals surface area contributed by atoms with Gasteiger partial charge in [0, 0.05) is 49.6 Å². The first-order chi connectivity index (χ1) is 12.2. The van der Waals surface area contributed by atoms with Crippen LogP contribution in [0.2, 0.25) is 5.28 Å². The molecule has 3 saturated heterocycles. The molecule has 6 nitrogen and oxygen atoms in total. The molecule has 0 saturated carbocycles. The topological polar surface area (TPSA) is 53.5 Å². The summed E-state index contributed by atoms with van der Waals surface area (Å²) in [7, 11) is 0. The van der Waals surface area contributed by atoms with Crippen molar-refractivity contribution in [1.82, 2.24) is 20.2 Å². The molecule has 3 aliphatic rings. The maximum atomic E-state index is 6.19. The summed E-state index contributed by atoms with van der Waals surface area (Å²) < 4.78 is 6.61. The predicted molar refractivity (Wildman–Crippen MR) is 101 cm³/mol. The van der Waals surface area contributed by atoms with Crippen molar-refractivity contribution in [2.45, 2.75) is 13.0 Å². The highest BCUT2D eigenvalue weighted by Crippen LogP contribution is 2.39. The fourth-order valence-corrected chi connectivity index (χ4v) is 5.63. The number of aromatic nitrogens is 2. The number of morpholine rings is 1. The molecule has 1 spiro atoms. The lowest BCUT2D eigenvalue weighted by Crippen LogP contribution is -2.56. The van der Waals surface area contributed by atoms with Gasteiger partial charge in [-0.05, 0) is 30.6 Å². The van der Waals surface area contributed by atoms with Crippen LogP contribution in [0.3, 0.4) is 0 Å². The van der Waals surface area contributed by atoms with E-state index >= 15 is 0 Å². The normalized spacial score (nSPS) is 23.5. The molecule has 0 amide bonds. The quantitative estimate of drug-likeness (QED) is 0.823. The smallest absolute Gasteiger partial charge is 0.224 e. The lowest BCUT2D eigenvalue weighted by Gasteiger charge is -2.47. The van der Waals surface area contributed by atoms with Crippen LogP contribution in [0.5, 0.6) is 0 Å². The number of nitrogens with zero attached hydrogens (tertiary/aromatic N) is 4. The Kier molecular flexibility index (Phi) is 4.09. The maximum Gasteiger partial charge on any atom is 0.224 e. The van der Waals surface area contributed by atoms with Crippen molar-refractivity contribution in [3.05, 3.63) is 16.2 Å². The van der Waals surface area contributed by atoms with Gasteiger partial charge in [-0.15, -0.1) is 11.3 Å². The molecule has 0 unspecified atom stereocenters. The van der Waals surface area contributed by atoms with Crippen molar-refractivity contribution in [1.29, 1.82) is 0 Å². The highest BCUT2D eigenvalue weighted by Gasteiger charge is 2.44. The van der Waals surface area contributed by atoms with E-state index in [0.717, 1.165) is 48.9 Å². The first kappa shape index (κ1) is 16.2. The zero-order valence-corrected chi connectivity index (χ0v) is 15.7. The third-order valence-electron chi connectivity index (χ3n) is 5.52. The average Bonchev–Trinajstić information content (AvgIpc) is 3.21. The van der Waals surface area contributed by atoms with Gasteiger partial charge in [-0.1, -0.05) is 0 Å². The summed E-state index contributed by atoms with van der Waals surface area (Å²) in [6.07, 6.45) is 1.32. The number of ether oxygens (including phenoxy) is 1. The minimum Gasteiger partial charge on any atom is -0.378 e. The van der Waals surface area contributed by atoms with E-state index in [1.54, 1.807) is 0 Å². The van der Waals surface area contributed by atoms with Crippen molar-refractivity contribution in [2.24, 2.45) is 5.41 Å². The molecular weight excluding hydrogens is 358 g/mol. The molecule has 0 aliphatic carbocycles. The molecule has 2 aromatic rings. The second-order valence-corrected chi connectivity index (χ2v) is 8.89. The van der Waals surface area contributed by atoms with Crippen molar-refractivity contribution >= 4 is 39.0 Å². The van der Waals surface area contributed by atoms with Crippen LogP contribution in [-0.4, -0.2) is 67.4 Å². The number of fused-ring (bicyclic) bond motifs is 1. The summed E-state index contributed by atoms with van der Waals surface area (Å²) in [5.74, 6) is 0.967. The SMILES string of the molecule is Clc1nc(N2CCOCC2)c2sc(CN3CC4(CCNC4)C3)cc2n1. The Morgan fingerprint density at radius 2 is 2.12 bits per heavy atom. The number of halogens is 1. The van der Waals surface area contributed by atoms with Crippen LogP contribution < -0.4 is 10.2 Å². The second kappa shape index (κ2) is 6.32. The largest absolute Gasteiger partial charge is 0.378 e. The number of hydrogen-bond donors (Lipinski definition) is 1. The first-order valence-electron chi connectivity index (χ1n) is 8.93. The molecule has 0 atom stereocenters. The summed E-state index contributed by atoms with van der Waals surface area (Å²) in [6, 6.07) is 2.19. The molecule has 134 valence electrons. The molecule has 0 aromatic carbocycles. The molecule has 3 aliphatic heterocycles. The highest BCUT2D eigenvalue weighted by molar-refractivity contribution is 7.19. The zero-order valence-electron chi connectivity index (χ0n) is 14.1. The van der Waals surface area contributed by atoms with E-state index in [0.29, 0.717) is 10.7 Å². The molecule has 8 heteroatoms. The van der Waals surface area contributed by atoms with E-state index in [-0.39, 0.29) is 0 Å². The number of nitrogens with one attached hydrogen (secondary N) is 1. The van der Waals surface area contributed by atoms with Crippen LogP contribution in [0, 0.1) is 5.41 Å². The van der Waals surface area contributed by atoms with Gasteiger partial charge >= 0.3 is 0 Å². The van der Waals surface area contributed by atoms with Crippen molar-refractivity contribution in [3.63, 3.8) is 0 Å². The van der Waals surface area contributed by atoms with Gasteiger partial charge in [0.15, 0.2) is 5.82 Å². The van der Waals surface area contributed by atoms with Crippen LogP contribution >= 0.6 is 22.9 Å². The van der Waals surface area contributed by atoms with E-state index in [4.69, 9.17) is 16.3 Å². The number of anilines is 1. The van der Waals surface area contributed by atoms with Gasteiger partial charge in [0.05, 0.1) is 23.4 Å². The Labute approximate surface area is 156 Å². The molecule has 2 aromatic heterocycles. The van der Waals surface area contributed by atoms with Crippen molar-refractivity contribution in [3.8, 4) is 0 Å². The lowest BCUT2D eigenvalue weighted by molar-refractivity contribution is 0.0111. The van der Waals surface area contributed by atoms with Crippen molar-refractivity contribution < 1.29 is 4.74 Å². The van der Waals surface area contributed by atoms with Gasteiger partial charge in [0.1, 0.15) is 0 Å². The van der Waals surface area contributed by atoms with Gasteiger partial charge in [-0.25, -0.2) is 4.98 Å². The Hall–Kier alpha value is -0.990. The highest BCUT2D eigenvalue weighted by atomic mass is 35.5. The summed E-state index contributed by atoms with van der Waals surface area (Å²) in [4.78, 5) is 15.1. The third kappa shape index (κ3) is 3.02. The van der Waals surface area contributed by atoms with Crippen LogP contribution in [0.15, 0.2) is 6.07 Å². The summed E-state index contributed by atoms with van der Waals surface area (Å²) >= 11 is 8.00. The van der Waals surface area contributed by atoms with Gasteiger partial charge in [-0.2, -0.15) is 4.98 Å². The monoisotopic (exact) mass is 379 g/mol. The summed E-state index contributed by atoms with van der Waals surface area (Å²) in [6.45, 7) is 8.97. The number of likely N-dealkylation sites (tertiary alicyclic amines) is 1. The van der Waals surface area contributed by atoms with E-state index in [1.165, 1.54) is 37.5 Å². The molecule has 5 rings (SSSR count). The molecule has 3 fully saturated rings. The number of rotatable bonds is 3. The summed E-state index contributed by atoms with van der Waals surface area (Å²) in [5, 5.41) is 3.83. The molecule has 25 heavy (non-hydrogen) atoms. The minimum atomic E-state index is 0.332. The van der Waals surface area contributed by atoms with E-state index in [1.807, 2.05) is 11.3 Å². The lowest BCUT2D eigenvalue weighted by atomic mass is 9.79. The molecule has 0 bridgehead atoms. The van der Waals surface area contributed by atoms with E-state index in [2.05, 4.69) is 31.2 Å². The molecule has 1 N–H and O–H groups in total. The number of hydrogen-bond acceptors (Lipinski definition) is 7. The molecule has 5 heterocycles. The molecular formula is C17H22ClN5OS. The van der Waals surface area contributed by atoms with E-state index in [9.17, 15) is 0 Å². The average molecular weight is 380 g/mol. The maximum absolute atomic E-state index is 6.19. The minimum absolute atomic E-state index is 0.332. The van der Waals surface area contributed by atoms with Gasteiger partial charge < -0.3 is 15.0 Å². The van der Waals surface area contributed by atoms with Crippen LogP contribution in [0.4, 0.5) is 5.82 Å². The first-order valence-corrected chi connectivity index (χ1v) is 10.1.